The lowest BCUT2D eigenvalue weighted by Crippen LogP contribution is -2.41. The fourth-order valence-electron chi connectivity index (χ4n) is 2.37. The van der Waals surface area contributed by atoms with E-state index in [4.69, 9.17) is 4.74 Å². The van der Waals surface area contributed by atoms with Gasteiger partial charge in [-0.25, -0.2) is 0 Å². The van der Waals surface area contributed by atoms with Crippen molar-refractivity contribution in [3.8, 4) is 0 Å². The lowest BCUT2D eigenvalue weighted by atomic mass is 10.1. The van der Waals surface area contributed by atoms with E-state index in [1.807, 2.05) is 4.90 Å². The van der Waals surface area contributed by atoms with Gasteiger partial charge in [-0.05, 0) is 25.3 Å². The van der Waals surface area contributed by atoms with Gasteiger partial charge in [0.15, 0.2) is 0 Å². The van der Waals surface area contributed by atoms with E-state index in [2.05, 4.69) is 31.2 Å². The van der Waals surface area contributed by atoms with E-state index < -0.39 is 0 Å². The van der Waals surface area contributed by atoms with Gasteiger partial charge in [-0.2, -0.15) is 0 Å². The summed E-state index contributed by atoms with van der Waals surface area (Å²) >= 11 is 1.70. The van der Waals surface area contributed by atoms with Crippen LogP contribution >= 0.6 is 11.8 Å². The smallest absolute Gasteiger partial charge is 0.232 e. The Bertz CT molecular complexity index is 425. The van der Waals surface area contributed by atoms with Gasteiger partial charge in [-0.1, -0.05) is 29.8 Å². The van der Waals surface area contributed by atoms with Crippen LogP contribution in [0.4, 0.5) is 0 Å². The number of thioether (sulfide) groups is 1. The molecule has 0 aromatic heterocycles. The molecule has 0 unspecified atom stereocenters. The minimum Gasteiger partial charge on any atom is -0.381 e. The first-order chi connectivity index (χ1) is 9.69. The maximum atomic E-state index is 12.1. The fourth-order valence-corrected chi connectivity index (χ4v) is 3.26. The van der Waals surface area contributed by atoms with Gasteiger partial charge in [-0.3, -0.25) is 4.79 Å². The molecule has 1 aliphatic rings. The molecule has 3 nitrogen and oxygen atoms in total. The number of methoxy groups -OCH3 is 1. The number of carbonyl (C=O) groups is 1. The summed E-state index contributed by atoms with van der Waals surface area (Å²) in [7, 11) is 1.75. The van der Waals surface area contributed by atoms with E-state index >= 15 is 0 Å². The molecule has 0 N–H and O–H groups in total. The molecule has 1 aromatic rings. The largest absolute Gasteiger partial charge is 0.381 e. The number of ether oxygens (including phenoxy) is 1. The number of aryl methyl sites for hydroxylation is 1. The Morgan fingerprint density at radius 1 is 1.30 bits per heavy atom. The van der Waals surface area contributed by atoms with Crippen LogP contribution in [0.2, 0.25) is 0 Å². The van der Waals surface area contributed by atoms with E-state index in [9.17, 15) is 4.79 Å². The topological polar surface area (TPSA) is 29.5 Å². The number of benzene rings is 1. The standard InChI is InChI=1S/C16H23NO2S/c1-13-3-5-14(6-4-13)11-20-12-16(18)17-9-7-15(19-2)8-10-17/h3-6,15H,7-12H2,1-2H3. The molecule has 4 heteroatoms. The van der Waals surface area contributed by atoms with E-state index in [0.717, 1.165) is 31.7 Å². The van der Waals surface area contributed by atoms with Crippen LogP contribution in [-0.4, -0.2) is 42.9 Å². The number of nitrogens with zero attached hydrogens (tertiary/aromatic N) is 1. The van der Waals surface area contributed by atoms with Gasteiger partial charge in [0.1, 0.15) is 0 Å². The number of piperidine rings is 1. The molecule has 20 heavy (non-hydrogen) atoms. The van der Waals surface area contributed by atoms with Crippen LogP contribution in [0.25, 0.3) is 0 Å². The zero-order valence-corrected chi connectivity index (χ0v) is 13.1. The summed E-state index contributed by atoms with van der Waals surface area (Å²) in [6.45, 7) is 3.76. The SMILES string of the molecule is COC1CCN(C(=O)CSCc2ccc(C)cc2)CC1. The summed E-state index contributed by atoms with van der Waals surface area (Å²) in [4.78, 5) is 14.1. The molecule has 1 aliphatic heterocycles. The highest BCUT2D eigenvalue weighted by Gasteiger charge is 2.22. The first kappa shape index (κ1) is 15.4. The van der Waals surface area contributed by atoms with Gasteiger partial charge in [0.05, 0.1) is 11.9 Å². The molecule has 1 heterocycles. The third-order valence-electron chi connectivity index (χ3n) is 3.74. The summed E-state index contributed by atoms with van der Waals surface area (Å²) in [5.41, 5.74) is 2.56. The number of likely N-dealkylation sites (tertiary alicyclic amines) is 1. The monoisotopic (exact) mass is 293 g/mol. The number of hydrogen-bond acceptors (Lipinski definition) is 3. The van der Waals surface area contributed by atoms with Gasteiger partial charge >= 0.3 is 0 Å². The van der Waals surface area contributed by atoms with Crippen LogP contribution in [0.5, 0.6) is 0 Å². The Morgan fingerprint density at radius 3 is 2.55 bits per heavy atom. The molecule has 0 spiro atoms. The molecule has 0 bridgehead atoms. The maximum absolute atomic E-state index is 12.1. The summed E-state index contributed by atoms with van der Waals surface area (Å²) < 4.78 is 5.32. The summed E-state index contributed by atoms with van der Waals surface area (Å²) in [6, 6.07) is 8.51. The summed E-state index contributed by atoms with van der Waals surface area (Å²) in [6.07, 6.45) is 2.26. The van der Waals surface area contributed by atoms with Crippen LogP contribution in [0.1, 0.15) is 24.0 Å². The van der Waals surface area contributed by atoms with Gasteiger partial charge in [0, 0.05) is 26.0 Å². The van der Waals surface area contributed by atoms with E-state index in [0.29, 0.717) is 11.9 Å². The second kappa shape index (κ2) is 7.70. The minimum atomic E-state index is 0.261. The Labute approximate surface area is 125 Å². The zero-order valence-electron chi connectivity index (χ0n) is 12.3. The van der Waals surface area contributed by atoms with Crippen LogP contribution in [-0.2, 0) is 15.3 Å². The Balaban J connectivity index is 1.69. The molecule has 2 rings (SSSR count). The third kappa shape index (κ3) is 4.53. The molecule has 0 saturated carbocycles. The minimum absolute atomic E-state index is 0.261. The maximum Gasteiger partial charge on any atom is 0.232 e. The van der Waals surface area contributed by atoms with Crippen LogP contribution < -0.4 is 0 Å². The van der Waals surface area contributed by atoms with E-state index in [-0.39, 0.29) is 5.91 Å². The zero-order chi connectivity index (χ0) is 14.4. The lowest BCUT2D eigenvalue weighted by molar-refractivity contribution is -0.130. The van der Waals surface area contributed by atoms with Crippen molar-refractivity contribution >= 4 is 17.7 Å². The lowest BCUT2D eigenvalue weighted by Gasteiger charge is -2.31. The van der Waals surface area contributed by atoms with Gasteiger partial charge in [-0.15, -0.1) is 11.8 Å². The number of hydrogen-bond donors (Lipinski definition) is 0. The molecule has 1 amide bonds. The Kier molecular flexibility index (Phi) is 5.92. The van der Waals surface area contributed by atoms with Crippen molar-refractivity contribution in [1.82, 2.24) is 4.90 Å². The molecule has 1 aromatic carbocycles. The normalized spacial score (nSPS) is 16.4. The molecule has 1 saturated heterocycles. The summed E-state index contributed by atoms with van der Waals surface area (Å²) in [5.74, 6) is 1.74. The Morgan fingerprint density at radius 2 is 1.95 bits per heavy atom. The second-order valence-electron chi connectivity index (χ2n) is 5.29. The molecule has 0 atom stereocenters. The number of amides is 1. The van der Waals surface area contributed by atoms with E-state index in [1.54, 1.807) is 18.9 Å². The third-order valence-corrected chi connectivity index (χ3v) is 4.73. The van der Waals surface area contributed by atoms with Crippen molar-refractivity contribution in [2.75, 3.05) is 26.0 Å². The van der Waals surface area contributed by atoms with Crippen molar-refractivity contribution < 1.29 is 9.53 Å². The van der Waals surface area contributed by atoms with Gasteiger partial charge in [0.2, 0.25) is 5.91 Å². The fraction of sp³-hybridized carbons (Fsp3) is 0.562. The Hall–Kier alpha value is -1.00. The number of rotatable bonds is 5. The van der Waals surface area contributed by atoms with Gasteiger partial charge < -0.3 is 9.64 Å². The number of carbonyl (C=O) groups excluding carboxylic acids is 1. The molecule has 1 fully saturated rings. The highest BCUT2D eigenvalue weighted by Crippen LogP contribution is 2.17. The first-order valence-electron chi connectivity index (χ1n) is 7.13. The average Bonchev–Trinajstić information content (AvgIpc) is 2.49. The van der Waals surface area contributed by atoms with Crippen LogP contribution in [0.3, 0.4) is 0 Å². The molecule has 0 aliphatic carbocycles. The summed E-state index contributed by atoms with van der Waals surface area (Å²) in [5, 5.41) is 0. The average molecular weight is 293 g/mol. The molecular formula is C16H23NO2S. The molecule has 0 radical (unpaired) electrons. The highest BCUT2D eigenvalue weighted by molar-refractivity contribution is 7.99. The van der Waals surface area contributed by atoms with Crippen molar-refractivity contribution in [2.24, 2.45) is 0 Å². The highest BCUT2D eigenvalue weighted by atomic mass is 32.2. The van der Waals surface area contributed by atoms with Crippen LogP contribution in [0.15, 0.2) is 24.3 Å². The quantitative estimate of drug-likeness (QED) is 0.836. The van der Waals surface area contributed by atoms with Crippen molar-refractivity contribution in [1.29, 1.82) is 0 Å². The van der Waals surface area contributed by atoms with E-state index in [1.165, 1.54) is 11.1 Å². The molecular weight excluding hydrogens is 270 g/mol. The predicted octanol–water partition coefficient (Wildman–Crippen LogP) is 2.87. The van der Waals surface area contributed by atoms with Gasteiger partial charge in [0.25, 0.3) is 0 Å². The van der Waals surface area contributed by atoms with Crippen molar-refractivity contribution in [3.05, 3.63) is 35.4 Å². The first-order valence-corrected chi connectivity index (χ1v) is 8.28. The molecule has 110 valence electrons. The second-order valence-corrected chi connectivity index (χ2v) is 6.28. The van der Waals surface area contributed by atoms with Crippen LogP contribution in [0, 0.1) is 6.92 Å². The van der Waals surface area contributed by atoms with Crippen molar-refractivity contribution in [2.45, 2.75) is 31.6 Å². The van der Waals surface area contributed by atoms with Crippen molar-refractivity contribution in [3.63, 3.8) is 0 Å². The predicted molar refractivity (Wildman–Crippen MR) is 84.0 cm³/mol.